The minimum Gasteiger partial charge on any atom is -0.381 e. The van der Waals surface area contributed by atoms with Gasteiger partial charge in [0.25, 0.3) is 12.3 Å². The van der Waals surface area contributed by atoms with Gasteiger partial charge in [-0.1, -0.05) is 17.9 Å². The van der Waals surface area contributed by atoms with Gasteiger partial charge in [-0.05, 0) is 81.9 Å². The molecule has 5 aromatic rings. The second-order valence-corrected chi connectivity index (χ2v) is 18.4. The van der Waals surface area contributed by atoms with Crippen LogP contribution in [0.2, 0.25) is 0 Å². The molecule has 4 saturated heterocycles. The zero-order chi connectivity index (χ0) is 44.8. The van der Waals surface area contributed by atoms with E-state index in [1.807, 2.05) is 18.2 Å². The van der Waals surface area contributed by atoms with Crippen molar-refractivity contribution in [3.8, 4) is 11.8 Å². The first-order valence-electron chi connectivity index (χ1n) is 22.7. The first kappa shape index (κ1) is 43.0. The lowest BCUT2D eigenvalue weighted by Gasteiger charge is -2.36. The van der Waals surface area contributed by atoms with Crippen molar-refractivity contribution in [2.75, 3.05) is 62.8 Å². The number of aryl methyl sites for hydroxylation is 1. The highest BCUT2D eigenvalue weighted by Crippen LogP contribution is 2.40. The average molecular weight is 894 g/mol. The summed E-state index contributed by atoms with van der Waals surface area (Å²) >= 11 is 0. The number of anilines is 2. The summed E-state index contributed by atoms with van der Waals surface area (Å²) in [4.78, 5) is 60.7. The Morgan fingerprint density at radius 1 is 1.06 bits per heavy atom. The third-order valence-electron chi connectivity index (χ3n) is 14.2. The van der Waals surface area contributed by atoms with Gasteiger partial charge in [-0.15, -0.1) is 0 Å². The van der Waals surface area contributed by atoms with Crippen molar-refractivity contribution < 1.29 is 32.6 Å². The Morgan fingerprint density at radius 2 is 1.89 bits per heavy atom. The van der Waals surface area contributed by atoms with Crippen molar-refractivity contribution in [1.82, 2.24) is 43.7 Å². The third kappa shape index (κ3) is 8.54. The van der Waals surface area contributed by atoms with Crippen LogP contribution >= 0.6 is 0 Å². The van der Waals surface area contributed by atoms with Crippen molar-refractivity contribution in [3.05, 3.63) is 70.2 Å². The molecular formula is C46H53F2N11O6. The normalized spacial score (nSPS) is 24.4. The number of nitrogens with zero attached hydrogens (tertiary/aromatic N) is 9. The van der Waals surface area contributed by atoms with Gasteiger partial charge < -0.3 is 24.6 Å². The van der Waals surface area contributed by atoms with Crippen molar-refractivity contribution >= 4 is 45.9 Å². The largest absolute Gasteiger partial charge is 0.381 e. The predicted octanol–water partition coefficient (Wildman–Crippen LogP) is 4.63. The zero-order valence-corrected chi connectivity index (χ0v) is 36.4. The number of para-hydroxylation sites is 1. The van der Waals surface area contributed by atoms with Crippen molar-refractivity contribution in [1.29, 1.82) is 0 Å². The Hall–Kier alpha value is -5.97. The van der Waals surface area contributed by atoms with Gasteiger partial charge in [0.2, 0.25) is 11.8 Å². The molecule has 65 heavy (non-hydrogen) atoms. The molecule has 2 unspecified atom stereocenters. The minimum absolute atomic E-state index is 0.00699. The maximum absolute atomic E-state index is 14.3. The molecule has 4 aromatic heterocycles. The van der Waals surface area contributed by atoms with Gasteiger partial charge in [-0.3, -0.25) is 33.5 Å². The number of carbonyl (C=O) groups excluding carboxylic acids is 3. The summed E-state index contributed by atoms with van der Waals surface area (Å²) in [6.45, 7) is 6.21. The van der Waals surface area contributed by atoms with Crippen molar-refractivity contribution in [2.24, 2.45) is 18.4 Å². The average Bonchev–Trinajstić information content (AvgIpc) is 4.16. The quantitative estimate of drug-likeness (QED) is 0.148. The van der Waals surface area contributed by atoms with Gasteiger partial charge in [0, 0.05) is 70.6 Å². The number of aromatic nitrogens is 7. The van der Waals surface area contributed by atoms with E-state index >= 15 is 0 Å². The number of imide groups is 1. The van der Waals surface area contributed by atoms with Crippen molar-refractivity contribution in [3.63, 3.8) is 0 Å². The molecule has 3 amide bonds. The first-order valence-corrected chi connectivity index (χ1v) is 22.7. The van der Waals surface area contributed by atoms with Crippen LogP contribution in [0.25, 0.3) is 16.7 Å². The summed E-state index contributed by atoms with van der Waals surface area (Å²) < 4.78 is 46.6. The van der Waals surface area contributed by atoms with Crippen LogP contribution in [0.1, 0.15) is 104 Å². The van der Waals surface area contributed by atoms with Gasteiger partial charge in [-0.2, -0.15) is 10.2 Å². The summed E-state index contributed by atoms with van der Waals surface area (Å²) in [6.07, 6.45) is 9.68. The van der Waals surface area contributed by atoms with E-state index in [0.29, 0.717) is 28.2 Å². The summed E-state index contributed by atoms with van der Waals surface area (Å²) in [5.74, 6) is 6.14. The third-order valence-corrected chi connectivity index (χ3v) is 14.2. The molecule has 0 radical (unpaired) electrons. The molecular weight excluding hydrogens is 841 g/mol. The highest BCUT2D eigenvalue weighted by Gasteiger charge is 2.42. The number of fused-ring (bicyclic) bond motifs is 2. The lowest BCUT2D eigenvalue weighted by molar-refractivity contribution is -0.135. The Kier molecular flexibility index (Phi) is 11.7. The molecule has 2 atom stereocenters. The summed E-state index contributed by atoms with van der Waals surface area (Å²) in [5, 5.41) is 13.7. The second kappa shape index (κ2) is 17.8. The highest BCUT2D eigenvalue weighted by atomic mass is 19.3. The zero-order valence-electron chi connectivity index (χ0n) is 36.4. The highest BCUT2D eigenvalue weighted by molar-refractivity contribution is 6.08. The maximum Gasteiger partial charge on any atom is 0.329 e. The SMILES string of the molecule is Cn1c(=O)n(C2CCC(=O)NC2=O)c2cccc(C#CCOC3CCN(CC4CCC(n5cc(NC(=O)c6cnn7ccc(N8CCC9(CCOC9)C8)nc67)c(C(F)F)n5)CC4)CC3)c21. The molecule has 1 saturated carbocycles. The molecule has 0 bridgehead atoms. The Balaban J connectivity index is 0.698. The topological polar surface area (TPSA) is 175 Å². The number of imidazole rings is 1. The number of alkyl halides is 2. The molecule has 4 aliphatic heterocycles. The lowest BCUT2D eigenvalue weighted by Crippen LogP contribution is -2.44. The molecule has 2 N–H and O–H groups in total. The molecule has 17 nitrogen and oxygen atoms in total. The number of ether oxygens (including phenoxy) is 2. The van der Waals surface area contributed by atoms with E-state index in [0.717, 1.165) is 103 Å². The predicted molar refractivity (Wildman–Crippen MR) is 235 cm³/mol. The van der Waals surface area contributed by atoms with Gasteiger partial charge >= 0.3 is 5.69 Å². The Bertz CT molecular complexity index is 2740. The van der Waals surface area contributed by atoms with E-state index in [-0.39, 0.29) is 59.9 Å². The molecule has 19 heteroatoms. The molecule has 5 fully saturated rings. The van der Waals surface area contributed by atoms with E-state index < -0.39 is 30.0 Å². The number of carbonyl (C=O) groups is 3. The molecule has 1 spiro atoms. The molecule has 8 heterocycles. The number of amides is 3. The molecule has 1 aliphatic carbocycles. The van der Waals surface area contributed by atoms with Crippen molar-refractivity contribution in [2.45, 2.75) is 88.8 Å². The van der Waals surface area contributed by atoms with E-state index in [1.165, 1.54) is 19.8 Å². The van der Waals surface area contributed by atoms with Crippen LogP contribution in [0.3, 0.4) is 0 Å². The number of likely N-dealkylation sites (tertiary alicyclic amines) is 1. The molecule has 10 rings (SSSR count). The molecule has 5 aliphatic rings. The Morgan fingerprint density at radius 3 is 2.66 bits per heavy atom. The fourth-order valence-electron chi connectivity index (χ4n) is 10.6. The fourth-order valence-corrected chi connectivity index (χ4v) is 10.6. The smallest absolute Gasteiger partial charge is 0.329 e. The van der Waals surface area contributed by atoms with Crippen LogP contribution in [0, 0.1) is 23.2 Å². The molecule has 1 aromatic carbocycles. The summed E-state index contributed by atoms with van der Waals surface area (Å²) in [6, 6.07) is 6.52. The fraction of sp³-hybridized carbons (Fsp3) is 0.543. The second-order valence-electron chi connectivity index (χ2n) is 18.4. The standard InChI is InChI=1S/C46H53F2N11O6/c1-54-40-30(4-2-6-35(40)59(45(54)63)36-11-12-38(60)52-44(36)62)5-3-22-65-32-13-18-55(19-14-32)25-29-7-9-31(10-8-29)58-26-34(39(53-58)41(47)48)50-43(61)33-24-49-57-20-15-37(51-42(33)57)56-21-16-46(27-56)17-23-64-28-46/h2,4,6,15,20,24,26,29,31-32,36,41H,7-14,16-19,21-23,25,27-28H2,1H3,(H,50,61)(H,52,60,62). The number of rotatable bonds is 10. The number of benzene rings is 1. The van der Waals surface area contributed by atoms with Crippen LogP contribution < -0.4 is 21.2 Å². The number of halogens is 2. The number of piperidine rings is 2. The van der Waals surface area contributed by atoms with Crippen LogP contribution in [-0.4, -0.2) is 115 Å². The van der Waals surface area contributed by atoms with Crippen LogP contribution in [0.4, 0.5) is 20.3 Å². The van der Waals surface area contributed by atoms with Gasteiger partial charge in [-0.25, -0.2) is 23.1 Å². The van der Waals surface area contributed by atoms with E-state index in [2.05, 4.69) is 42.5 Å². The first-order chi connectivity index (χ1) is 31.5. The van der Waals surface area contributed by atoms with Gasteiger partial charge in [0.15, 0.2) is 11.3 Å². The maximum atomic E-state index is 14.3. The van der Waals surface area contributed by atoms with Crippen LogP contribution in [0.15, 0.2) is 47.7 Å². The number of nitrogens with one attached hydrogen (secondary N) is 2. The minimum atomic E-state index is -2.86. The van der Waals surface area contributed by atoms with Gasteiger partial charge in [0.05, 0.1) is 47.2 Å². The Labute approximate surface area is 373 Å². The van der Waals surface area contributed by atoms with Crippen LogP contribution in [-0.2, 0) is 26.1 Å². The van der Waals surface area contributed by atoms with E-state index in [1.54, 1.807) is 30.2 Å². The number of hydrogen-bond donors (Lipinski definition) is 2. The van der Waals surface area contributed by atoms with E-state index in [9.17, 15) is 28.0 Å². The number of hydrogen-bond acceptors (Lipinski definition) is 11. The van der Waals surface area contributed by atoms with E-state index in [4.69, 9.17) is 14.5 Å². The monoisotopic (exact) mass is 893 g/mol. The summed E-state index contributed by atoms with van der Waals surface area (Å²) in [5.41, 5.74) is 1.79. The van der Waals surface area contributed by atoms with Gasteiger partial charge in [0.1, 0.15) is 24.0 Å². The molecule has 342 valence electrons. The summed E-state index contributed by atoms with van der Waals surface area (Å²) in [7, 11) is 1.66. The lowest BCUT2D eigenvalue weighted by atomic mass is 9.85. The van der Waals surface area contributed by atoms with Crippen LogP contribution in [0.5, 0.6) is 0 Å².